The topological polar surface area (TPSA) is 78.9 Å². The first-order valence-electron chi connectivity index (χ1n) is 32.9. The number of allylic oxidation sites excluding steroid dienone is 12. The Morgan fingerprint density at radius 2 is 0.513 bits per heavy atom. The van der Waals surface area contributed by atoms with E-state index in [9.17, 15) is 14.4 Å². The van der Waals surface area contributed by atoms with Gasteiger partial charge in [0.05, 0.1) is 0 Å². The SMILES string of the molecule is CC/C=C\C/C=C\C/C=C\C/C=C\C/C=C\C/C=C\CCC(=O)OC(COC(=O)CCCCCCCCCCCCCCC)COC(=O)CCCCCCCCCCCCCCCCCCCCCCCCCCCC. The Kier molecular flexibility index (Phi) is 61.7. The van der Waals surface area contributed by atoms with Crippen LogP contribution in [-0.4, -0.2) is 37.2 Å². The first-order valence-corrected chi connectivity index (χ1v) is 32.9. The Morgan fingerprint density at radius 3 is 0.776 bits per heavy atom. The molecule has 0 saturated heterocycles. The number of ether oxygens (including phenoxy) is 3. The van der Waals surface area contributed by atoms with Crippen molar-refractivity contribution < 1.29 is 28.6 Å². The number of carbonyl (C=O) groups is 3. The van der Waals surface area contributed by atoms with Crippen LogP contribution < -0.4 is 0 Å². The third kappa shape index (κ3) is 61.7. The van der Waals surface area contributed by atoms with Gasteiger partial charge in [-0.1, -0.05) is 331 Å². The van der Waals surface area contributed by atoms with E-state index in [0.717, 1.165) is 77.0 Å². The Bertz CT molecular complexity index is 1400. The molecule has 0 aromatic rings. The highest BCUT2D eigenvalue weighted by molar-refractivity contribution is 5.71. The number of carbonyl (C=O) groups excluding carboxylic acids is 3. The molecule has 0 aliphatic carbocycles. The standard InChI is InChI=1S/C70H124O6/c1-4-7-10-13-16-19-22-25-27-29-31-32-33-34-35-36-37-39-40-42-45-48-51-54-57-60-63-69(72)75-66-67(65-74-68(71)62-59-56-53-50-47-44-24-21-18-15-12-9-6-3)76-70(73)64-61-58-55-52-49-46-43-41-38-30-28-26-23-20-17-14-11-8-5-2/h8,11,17,20,26,28,38,41,46,49,55,58,67H,4-7,9-10,12-16,18-19,21-25,27,29-37,39-40,42-45,47-48,50-54,56-57,59-66H2,1-3H3/b11-8-,20-17-,28-26-,41-38-,49-46-,58-55-. The van der Waals surface area contributed by atoms with Crippen molar-refractivity contribution in [1.29, 1.82) is 0 Å². The average molecular weight is 1060 g/mol. The minimum absolute atomic E-state index is 0.101. The lowest BCUT2D eigenvalue weighted by Crippen LogP contribution is -2.30. The average Bonchev–Trinajstić information content (AvgIpc) is 3.42. The van der Waals surface area contributed by atoms with Gasteiger partial charge in [0.25, 0.3) is 0 Å². The molecular weight excluding hydrogens is 937 g/mol. The summed E-state index contributed by atoms with van der Waals surface area (Å²) in [7, 11) is 0. The molecule has 0 aliphatic heterocycles. The molecule has 76 heavy (non-hydrogen) atoms. The summed E-state index contributed by atoms with van der Waals surface area (Å²) in [4.78, 5) is 38.3. The monoisotopic (exact) mass is 1060 g/mol. The van der Waals surface area contributed by atoms with Gasteiger partial charge in [0.1, 0.15) is 13.2 Å². The zero-order valence-corrected chi connectivity index (χ0v) is 50.5. The number of esters is 3. The molecule has 0 heterocycles. The zero-order chi connectivity index (χ0) is 55.0. The van der Waals surface area contributed by atoms with Crippen LogP contribution in [0.4, 0.5) is 0 Å². The van der Waals surface area contributed by atoms with Crippen molar-refractivity contribution in [2.75, 3.05) is 13.2 Å². The molecule has 0 aliphatic rings. The van der Waals surface area contributed by atoms with Crippen LogP contribution in [-0.2, 0) is 28.6 Å². The van der Waals surface area contributed by atoms with E-state index in [-0.39, 0.29) is 37.5 Å². The summed E-state index contributed by atoms with van der Waals surface area (Å²) in [6.45, 7) is 6.51. The molecule has 0 N–H and O–H groups in total. The second-order valence-corrected chi connectivity index (χ2v) is 22.0. The number of rotatable bonds is 60. The van der Waals surface area contributed by atoms with Gasteiger partial charge in [-0.2, -0.15) is 0 Å². The molecule has 6 heteroatoms. The molecule has 1 atom stereocenters. The number of hydrogen-bond acceptors (Lipinski definition) is 6. The third-order valence-corrected chi connectivity index (χ3v) is 14.5. The van der Waals surface area contributed by atoms with Gasteiger partial charge in [0.15, 0.2) is 6.10 Å². The predicted molar refractivity (Wildman–Crippen MR) is 330 cm³/mol. The molecule has 0 bridgehead atoms. The van der Waals surface area contributed by atoms with Gasteiger partial charge in [0.2, 0.25) is 0 Å². The van der Waals surface area contributed by atoms with Gasteiger partial charge < -0.3 is 14.2 Å². The number of hydrogen-bond donors (Lipinski definition) is 0. The van der Waals surface area contributed by atoms with Crippen molar-refractivity contribution in [2.45, 2.75) is 341 Å². The van der Waals surface area contributed by atoms with Gasteiger partial charge in [-0.15, -0.1) is 0 Å². The maximum Gasteiger partial charge on any atom is 0.306 e. The van der Waals surface area contributed by atoms with Crippen LogP contribution in [0.15, 0.2) is 72.9 Å². The fraction of sp³-hybridized carbons (Fsp3) is 0.786. The maximum absolute atomic E-state index is 12.9. The van der Waals surface area contributed by atoms with E-state index in [0.29, 0.717) is 19.3 Å². The molecule has 6 nitrogen and oxygen atoms in total. The van der Waals surface area contributed by atoms with E-state index in [2.05, 4.69) is 87.6 Å². The van der Waals surface area contributed by atoms with Gasteiger partial charge in [-0.3, -0.25) is 14.4 Å². The first-order chi connectivity index (χ1) is 37.5. The Hall–Kier alpha value is -3.15. The van der Waals surface area contributed by atoms with Crippen molar-refractivity contribution in [3.05, 3.63) is 72.9 Å². The van der Waals surface area contributed by atoms with Crippen molar-refractivity contribution in [3.63, 3.8) is 0 Å². The fourth-order valence-corrected chi connectivity index (χ4v) is 9.59. The highest BCUT2D eigenvalue weighted by Gasteiger charge is 2.19. The Labute approximate surface area is 472 Å². The van der Waals surface area contributed by atoms with Crippen LogP contribution in [0.5, 0.6) is 0 Å². The summed E-state index contributed by atoms with van der Waals surface area (Å²) in [5.41, 5.74) is 0. The second-order valence-electron chi connectivity index (χ2n) is 22.0. The van der Waals surface area contributed by atoms with E-state index in [1.165, 1.54) is 212 Å². The molecule has 1 unspecified atom stereocenters. The lowest BCUT2D eigenvalue weighted by Gasteiger charge is -2.18. The maximum atomic E-state index is 12.9. The first kappa shape index (κ1) is 72.8. The predicted octanol–water partition coefficient (Wildman–Crippen LogP) is 22.5. The lowest BCUT2D eigenvalue weighted by atomic mass is 10.0. The molecule has 0 rings (SSSR count). The molecular formula is C70H124O6. The summed E-state index contributed by atoms with van der Waals surface area (Å²) in [6.07, 6.45) is 83.7. The van der Waals surface area contributed by atoms with E-state index >= 15 is 0 Å². The van der Waals surface area contributed by atoms with Crippen LogP contribution in [0.1, 0.15) is 335 Å². The molecule has 0 radical (unpaired) electrons. The van der Waals surface area contributed by atoms with E-state index in [4.69, 9.17) is 14.2 Å². The van der Waals surface area contributed by atoms with Crippen molar-refractivity contribution in [1.82, 2.24) is 0 Å². The normalized spacial score (nSPS) is 12.5. The van der Waals surface area contributed by atoms with Crippen LogP contribution in [0.2, 0.25) is 0 Å². The molecule has 0 aromatic heterocycles. The molecule has 0 spiro atoms. The highest BCUT2D eigenvalue weighted by atomic mass is 16.6. The Balaban J connectivity index is 4.32. The van der Waals surface area contributed by atoms with Gasteiger partial charge in [0, 0.05) is 19.3 Å². The third-order valence-electron chi connectivity index (χ3n) is 14.5. The van der Waals surface area contributed by atoms with Crippen LogP contribution in [0, 0.1) is 0 Å². The van der Waals surface area contributed by atoms with Gasteiger partial charge in [-0.05, 0) is 57.8 Å². The summed E-state index contributed by atoms with van der Waals surface area (Å²) in [5, 5.41) is 0. The minimum atomic E-state index is -0.814. The summed E-state index contributed by atoms with van der Waals surface area (Å²) in [5.74, 6) is -0.968. The van der Waals surface area contributed by atoms with E-state index in [1.54, 1.807) is 0 Å². The summed E-state index contributed by atoms with van der Waals surface area (Å²) >= 11 is 0. The molecule has 0 saturated carbocycles. The summed E-state index contributed by atoms with van der Waals surface area (Å²) < 4.78 is 16.9. The van der Waals surface area contributed by atoms with Crippen molar-refractivity contribution in [3.8, 4) is 0 Å². The smallest absolute Gasteiger partial charge is 0.306 e. The molecule has 0 fully saturated rings. The van der Waals surface area contributed by atoms with E-state index < -0.39 is 6.10 Å². The zero-order valence-electron chi connectivity index (χ0n) is 50.5. The van der Waals surface area contributed by atoms with Crippen molar-refractivity contribution >= 4 is 17.9 Å². The summed E-state index contributed by atoms with van der Waals surface area (Å²) in [6, 6.07) is 0. The van der Waals surface area contributed by atoms with Crippen LogP contribution >= 0.6 is 0 Å². The minimum Gasteiger partial charge on any atom is -0.462 e. The molecule has 0 aromatic carbocycles. The van der Waals surface area contributed by atoms with Crippen LogP contribution in [0.3, 0.4) is 0 Å². The second kappa shape index (κ2) is 64.4. The fourth-order valence-electron chi connectivity index (χ4n) is 9.59. The van der Waals surface area contributed by atoms with E-state index in [1.807, 2.05) is 6.08 Å². The van der Waals surface area contributed by atoms with Crippen molar-refractivity contribution in [2.24, 2.45) is 0 Å². The number of unbranched alkanes of at least 4 members (excludes halogenated alkanes) is 37. The largest absolute Gasteiger partial charge is 0.462 e. The Morgan fingerprint density at radius 1 is 0.276 bits per heavy atom. The van der Waals surface area contributed by atoms with Gasteiger partial charge >= 0.3 is 17.9 Å². The lowest BCUT2D eigenvalue weighted by molar-refractivity contribution is -0.166. The highest BCUT2D eigenvalue weighted by Crippen LogP contribution is 2.18. The molecule has 0 amide bonds. The quantitative estimate of drug-likeness (QED) is 0.0261. The molecule has 440 valence electrons. The van der Waals surface area contributed by atoms with Crippen LogP contribution in [0.25, 0.3) is 0 Å². The van der Waals surface area contributed by atoms with Gasteiger partial charge in [-0.25, -0.2) is 0 Å².